The van der Waals surface area contributed by atoms with Crippen LogP contribution < -0.4 is 16.0 Å². The lowest BCUT2D eigenvalue weighted by molar-refractivity contribution is -0.134. The second-order valence-electron chi connectivity index (χ2n) is 5.79. The standard InChI is InChI=1S/C14H25N3O3/c1-10(2)8-11(18)17-14(6-4-5-7-14)13(20)16-9-12(19)15-3/h10H,4-9H2,1-3H3,(H,15,19)(H,16,20)(H,17,18). The molecule has 0 aromatic heterocycles. The fourth-order valence-corrected chi connectivity index (χ4v) is 2.49. The van der Waals surface area contributed by atoms with E-state index in [0.717, 1.165) is 12.8 Å². The number of hydrogen-bond donors (Lipinski definition) is 3. The van der Waals surface area contributed by atoms with Crippen LogP contribution in [0.5, 0.6) is 0 Å². The number of rotatable bonds is 6. The summed E-state index contributed by atoms with van der Waals surface area (Å²) in [4.78, 5) is 35.4. The first-order chi connectivity index (χ1) is 9.39. The van der Waals surface area contributed by atoms with E-state index >= 15 is 0 Å². The van der Waals surface area contributed by atoms with Gasteiger partial charge in [0.05, 0.1) is 6.54 Å². The Balaban J connectivity index is 2.64. The lowest BCUT2D eigenvalue weighted by Crippen LogP contribution is -2.58. The molecule has 1 rings (SSSR count). The van der Waals surface area contributed by atoms with Crippen molar-refractivity contribution >= 4 is 17.7 Å². The molecule has 1 fully saturated rings. The molecule has 20 heavy (non-hydrogen) atoms. The van der Waals surface area contributed by atoms with Crippen molar-refractivity contribution in [1.82, 2.24) is 16.0 Å². The molecule has 3 N–H and O–H groups in total. The monoisotopic (exact) mass is 283 g/mol. The maximum atomic E-state index is 12.3. The molecule has 0 saturated heterocycles. The summed E-state index contributed by atoms with van der Waals surface area (Å²) in [5.74, 6) is -0.352. The molecule has 1 aliphatic rings. The van der Waals surface area contributed by atoms with Gasteiger partial charge in [-0.3, -0.25) is 14.4 Å². The Morgan fingerprint density at radius 1 is 1.10 bits per heavy atom. The van der Waals surface area contributed by atoms with Gasteiger partial charge in [0, 0.05) is 13.5 Å². The van der Waals surface area contributed by atoms with Crippen molar-refractivity contribution in [2.24, 2.45) is 5.92 Å². The highest BCUT2D eigenvalue weighted by Crippen LogP contribution is 2.30. The molecule has 0 bridgehead atoms. The molecule has 1 aliphatic carbocycles. The predicted octanol–water partition coefficient (Wildman–Crippen LogP) is 0.324. The minimum absolute atomic E-state index is 0.0584. The highest BCUT2D eigenvalue weighted by molar-refractivity contribution is 5.94. The zero-order valence-electron chi connectivity index (χ0n) is 12.5. The van der Waals surface area contributed by atoms with Crippen molar-refractivity contribution in [2.45, 2.75) is 51.5 Å². The average molecular weight is 283 g/mol. The quantitative estimate of drug-likeness (QED) is 0.656. The molecule has 0 aromatic carbocycles. The third-order valence-electron chi connectivity index (χ3n) is 3.55. The minimum atomic E-state index is -0.833. The van der Waals surface area contributed by atoms with Gasteiger partial charge < -0.3 is 16.0 Å². The van der Waals surface area contributed by atoms with Crippen LogP contribution in [0.3, 0.4) is 0 Å². The summed E-state index contributed by atoms with van der Waals surface area (Å²) in [7, 11) is 1.52. The number of carbonyl (C=O) groups excluding carboxylic acids is 3. The highest BCUT2D eigenvalue weighted by atomic mass is 16.2. The molecule has 0 heterocycles. The van der Waals surface area contributed by atoms with Crippen LogP contribution in [0, 0.1) is 5.92 Å². The first-order valence-corrected chi connectivity index (χ1v) is 7.19. The van der Waals surface area contributed by atoms with E-state index in [4.69, 9.17) is 0 Å². The Bertz CT molecular complexity index is 374. The minimum Gasteiger partial charge on any atom is -0.358 e. The van der Waals surface area contributed by atoms with Crippen molar-refractivity contribution in [3.63, 3.8) is 0 Å². The topological polar surface area (TPSA) is 87.3 Å². The summed E-state index contributed by atoms with van der Waals surface area (Å²) in [6, 6.07) is 0. The largest absolute Gasteiger partial charge is 0.358 e. The Morgan fingerprint density at radius 2 is 1.70 bits per heavy atom. The summed E-state index contributed by atoms with van der Waals surface area (Å²) in [6.45, 7) is 3.87. The van der Waals surface area contributed by atoms with E-state index in [2.05, 4.69) is 16.0 Å². The smallest absolute Gasteiger partial charge is 0.246 e. The lowest BCUT2D eigenvalue weighted by Gasteiger charge is -2.29. The number of carbonyl (C=O) groups is 3. The summed E-state index contributed by atoms with van der Waals surface area (Å²) >= 11 is 0. The average Bonchev–Trinajstić information content (AvgIpc) is 2.83. The van der Waals surface area contributed by atoms with Crippen LogP contribution in [0.15, 0.2) is 0 Å². The lowest BCUT2D eigenvalue weighted by atomic mass is 9.95. The molecular weight excluding hydrogens is 258 g/mol. The van der Waals surface area contributed by atoms with E-state index in [0.29, 0.717) is 19.3 Å². The van der Waals surface area contributed by atoms with Gasteiger partial charge in [-0.15, -0.1) is 0 Å². The third kappa shape index (κ3) is 4.51. The SMILES string of the molecule is CNC(=O)CNC(=O)C1(NC(=O)CC(C)C)CCCC1. The maximum absolute atomic E-state index is 12.3. The van der Waals surface area contributed by atoms with Gasteiger partial charge in [-0.25, -0.2) is 0 Å². The van der Waals surface area contributed by atoms with Crippen molar-refractivity contribution in [3.8, 4) is 0 Å². The van der Waals surface area contributed by atoms with Crippen LogP contribution in [0.25, 0.3) is 0 Å². The van der Waals surface area contributed by atoms with E-state index in [-0.39, 0.29) is 30.2 Å². The zero-order valence-corrected chi connectivity index (χ0v) is 12.5. The second-order valence-corrected chi connectivity index (χ2v) is 5.79. The Morgan fingerprint density at radius 3 is 2.20 bits per heavy atom. The van der Waals surface area contributed by atoms with Crippen molar-refractivity contribution in [3.05, 3.63) is 0 Å². The number of nitrogens with one attached hydrogen (secondary N) is 3. The van der Waals surface area contributed by atoms with E-state index < -0.39 is 5.54 Å². The Labute approximate surface area is 120 Å². The van der Waals surface area contributed by atoms with Gasteiger partial charge >= 0.3 is 0 Å². The van der Waals surface area contributed by atoms with Crippen LogP contribution in [-0.2, 0) is 14.4 Å². The molecular formula is C14H25N3O3. The van der Waals surface area contributed by atoms with E-state index in [1.807, 2.05) is 13.8 Å². The molecule has 114 valence electrons. The summed E-state index contributed by atoms with van der Waals surface area (Å²) in [5, 5.41) is 7.94. The van der Waals surface area contributed by atoms with Gasteiger partial charge in [-0.2, -0.15) is 0 Å². The van der Waals surface area contributed by atoms with Crippen molar-refractivity contribution < 1.29 is 14.4 Å². The van der Waals surface area contributed by atoms with Crippen LogP contribution in [0.1, 0.15) is 46.0 Å². The van der Waals surface area contributed by atoms with Gasteiger partial charge in [0.1, 0.15) is 5.54 Å². The maximum Gasteiger partial charge on any atom is 0.246 e. The van der Waals surface area contributed by atoms with Gasteiger partial charge in [0.15, 0.2) is 0 Å². The van der Waals surface area contributed by atoms with Gasteiger partial charge in [-0.05, 0) is 18.8 Å². The molecule has 6 nitrogen and oxygen atoms in total. The van der Waals surface area contributed by atoms with E-state index in [9.17, 15) is 14.4 Å². The molecule has 1 saturated carbocycles. The summed E-state index contributed by atoms with van der Waals surface area (Å²) < 4.78 is 0. The molecule has 6 heteroatoms. The molecule has 0 aromatic rings. The van der Waals surface area contributed by atoms with Gasteiger partial charge in [0.2, 0.25) is 17.7 Å². The van der Waals surface area contributed by atoms with Gasteiger partial charge in [0.25, 0.3) is 0 Å². The fourth-order valence-electron chi connectivity index (χ4n) is 2.49. The van der Waals surface area contributed by atoms with Crippen LogP contribution in [0.2, 0.25) is 0 Å². The third-order valence-corrected chi connectivity index (χ3v) is 3.55. The Hall–Kier alpha value is -1.59. The second kappa shape index (κ2) is 7.26. The molecule has 0 atom stereocenters. The van der Waals surface area contributed by atoms with Crippen LogP contribution in [0.4, 0.5) is 0 Å². The van der Waals surface area contributed by atoms with Gasteiger partial charge in [-0.1, -0.05) is 26.7 Å². The number of amides is 3. The normalized spacial score (nSPS) is 16.8. The molecule has 0 unspecified atom stereocenters. The van der Waals surface area contributed by atoms with Crippen LogP contribution >= 0.6 is 0 Å². The van der Waals surface area contributed by atoms with E-state index in [1.165, 1.54) is 7.05 Å². The van der Waals surface area contributed by atoms with Crippen molar-refractivity contribution in [2.75, 3.05) is 13.6 Å². The molecule has 3 amide bonds. The fraction of sp³-hybridized carbons (Fsp3) is 0.786. The molecule has 0 radical (unpaired) electrons. The first kappa shape index (κ1) is 16.5. The van der Waals surface area contributed by atoms with Crippen molar-refractivity contribution in [1.29, 1.82) is 0 Å². The predicted molar refractivity (Wildman–Crippen MR) is 75.9 cm³/mol. The van der Waals surface area contributed by atoms with E-state index in [1.54, 1.807) is 0 Å². The first-order valence-electron chi connectivity index (χ1n) is 7.19. The highest BCUT2D eigenvalue weighted by Gasteiger charge is 2.42. The van der Waals surface area contributed by atoms with Crippen LogP contribution in [-0.4, -0.2) is 36.9 Å². The Kier molecular flexibility index (Phi) is 5.98. The number of likely N-dealkylation sites (N-methyl/N-ethyl adjacent to an activating group) is 1. The summed E-state index contributed by atoms with van der Waals surface area (Å²) in [5.41, 5.74) is -0.833. The number of hydrogen-bond acceptors (Lipinski definition) is 3. The zero-order chi connectivity index (χ0) is 15.2. The summed E-state index contributed by atoms with van der Waals surface area (Å²) in [6.07, 6.45) is 3.50. The molecule has 0 aliphatic heterocycles. The molecule has 0 spiro atoms.